The summed E-state index contributed by atoms with van der Waals surface area (Å²) in [6, 6.07) is 0. The Morgan fingerprint density at radius 1 is 1.20 bits per heavy atom. The van der Waals surface area contributed by atoms with Gasteiger partial charge < -0.3 is 19.7 Å². The highest BCUT2D eigenvalue weighted by atomic mass is 19.2. The molecule has 3 fully saturated rings. The van der Waals surface area contributed by atoms with Crippen molar-refractivity contribution in [2.45, 2.75) is 76.6 Å². The molecule has 35 heavy (non-hydrogen) atoms. The minimum atomic E-state index is -2.57. The van der Waals surface area contributed by atoms with Gasteiger partial charge in [-0.2, -0.15) is 0 Å². The van der Waals surface area contributed by atoms with Crippen LogP contribution in [0.5, 0.6) is 0 Å². The fraction of sp³-hybridized carbons (Fsp3) is 0.680. The number of aliphatic hydroxyl groups is 2. The molecule has 0 aromatic carbocycles. The number of ketones is 2. The Morgan fingerprint density at radius 3 is 2.46 bits per heavy atom. The molecule has 10 heteroatoms. The standard InChI is InChI=1S/C25H30F2O8/c1-12(28)34-11-19(32)25(33)20(35-13(2)29)9-16-21-17(26)8-14-7-15(30)5-6-22(14,3)24(21,27)18(31)10-23(16,25)4/h5-7,16-18,20-21,31,33H,8-11H2,1-4H3/t16-,17+,18-,20+,21+,22-,23-,24+,25+/m0/s1. The van der Waals surface area contributed by atoms with E-state index in [1.165, 1.54) is 32.1 Å². The summed E-state index contributed by atoms with van der Waals surface area (Å²) >= 11 is 0. The van der Waals surface area contributed by atoms with E-state index < -0.39 is 88.8 Å². The summed E-state index contributed by atoms with van der Waals surface area (Å²) in [4.78, 5) is 48.3. The first-order valence-electron chi connectivity index (χ1n) is 11.6. The molecular weight excluding hydrogens is 466 g/mol. The van der Waals surface area contributed by atoms with E-state index in [1.54, 1.807) is 0 Å². The van der Waals surface area contributed by atoms with Crippen molar-refractivity contribution in [3.63, 3.8) is 0 Å². The molecule has 0 unspecified atom stereocenters. The molecular formula is C25H30F2O8. The molecule has 0 amide bonds. The van der Waals surface area contributed by atoms with Crippen molar-refractivity contribution in [3.8, 4) is 0 Å². The normalized spacial score (nSPS) is 46.1. The van der Waals surface area contributed by atoms with E-state index in [0.717, 1.165) is 13.8 Å². The van der Waals surface area contributed by atoms with E-state index in [2.05, 4.69) is 0 Å². The van der Waals surface area contributed by atoms with Crippen molar-refractivity contribution in [3.05, 3.63) is 23.8 Å². The monoisotopic (exact) mass is 496 g/mol. The lowest BCUT2D eigenvalue weighted by Crippen LogP contribution is -2.72. The van der Waals surface area contributed by atoms with Crippen molar-refractivity contribution in [2.75, 3.05) is 6.61 Å². The number of ether oxygens (including phenoxy) is 2. The molecule has 4 aliphatic rings. The van der Waals surface area contributed by atoms with E-state index >= 15 is 8.78 Å². The van der Waals surface area contributed by atoms with Crippen LogP contribution < -0.4 is 0 Å². The van der Waals surface area contributed by atoms with Gasteiger partial charge in [-0.25, -0.2) is 8.78 Å². The van der Waals surface area contributed by atoms with Gasteiger partial charge in [0.15, 0.2) is 23.7 Å². The van der Waals surface area contributed by atoms with Crippen LogP contribution in [-0.2, 0) is 28.7 Å². The molecule has 0 heterocycles. The highest BCUT2D eigenvalue weighted by Gasteiger charge is 2.78. The van der Waals surface area contributed by atoms with Gasteiger partial charge >= 0.3 is 11.9 Å². The summed E-state index contributed by atoms with van der Waals surface area (Å²) in [5.74, 6) is -5.48. The summed E-state index contributed by atoms with van der Waals surface area (Å²) in [7, 11) is 0. The zero-order valence-corrected chi connectivity index (χ0v) is 20.0. The first kappa shape index (κ1) is 25.6. The molecule has 0 aromatic heterocycles. The molecule has 2 N–H and O–H groups in total. The number of hydrogen-bond donors (Lipinski definition) is 2. The third-order valence-corrected chi connectivity index (χ3v) is 8.95. The lowest BCUT2D eigenvalue weighted by molar-refractivity contribution is -0.234. The van der Waals surface area contributed by atoms with Crippen LogP contribution in [0, 0.1) is 22.7 Å². The Labute approximate surface area is 201 Å². The zero-order valence-electron chi connectivity index (χ0n) is 20.0. The average molecular weight is 497 g/mol. The van der Waals surface area contributed by atoms with Crippen molar-refractivity contribution >= 4 is 23.5 Å². The second kappa shape index (κ2) is 8.03. The molecule has 0 bridgehead atoms. The maximum atomic E-state index is 17.2. The summed E-state index contributed by atoms with van der Waals surface area (Å²) in [6.07, 6.45) is -2.36. The number of allylic oxidation sites excluding steroid dienone is 4. The molecule has 0 aliphatic heterocycles. The van der Waals surface area contributed by atoms with Crippen LogP contribution in [0.15, 0.2) is 23.8 Å². The third-order valence-electron chi connectivity index (χ3n) is 8.95. The number of alkyl halides is 2. The van der Waals surface area contributed by atoms with Crippen LogP contribution in [0.4, 0.5) is 8.78 Å². The largest absolute Gasteiger partial charge is 0.459 e. The Kier molecular flexibility index (Phi) is 5.88. The number of Topliss-reactive ketones (excluding diaryl/α,β-unsaturated/α-hetero) is 1. The van der Waals surface area contributed by atoms with Crippen LogP contribution in [0.1, 0.15) is 47.0 Å². The van der Waals surface area contributed by atoms with Crippen LogP contribution in [0.25, 0.3) is 0 Å². The molecule has 4 aliphatic carbocycles. The average Bonchev–Trinajstić information content (AvgIpc) is 2.96. The maximum Gasteiger partial charge on any atom is 0.303 e. The molecule has 0 saturated heterocycles. The molecule has 8 nitrogen and oxygen atoms in total. The van der Waals surface area contributed by atoms with Crippen LogP contribution in [-0.4, -0.2) is 70.0 Å². The topological polar surface area (TPSA) is 127 Å². The van der Waals surface area contributed by atoms with Gasteiger partial charge in [0.05, 0.1) is 6.10 Å². The minimum Gasteiger partial charge on any atom is -0.459 e. The molecule has 0 aromatic rings. The van der Waals surface area contributed by atoms with E-state index in [1.807, 2.05) is 0 Å². The summed E-state index contributed by atoms with van der Waals surface area (Å²) in [5.41, 5.74) is -7.90. The molecule has 9 atom stereocenters. The number of aliphatic hydroxyl groups excluding tert-OH is 1. The van der Waals surface area contributed by atoms with Gasteiger partial charge in [0, 0.05) is 37.0 Å². The maximum absolute atomic E-state index is 17.2. The highest BCUT2D eigenvalue weighted by Crippen LogP contribution is 2.70. The minimum absolute atomic E-state index is 0.231. The number of halogens is 2. The lowest BCUT2D eigenvalue weighted by atomic mass is 9.44. The number of carbonyl (C=O) groups is 4. The Morgan fingerprint density at radius 2 is 1.86 bits per heavy atom. The molecule has 3 saturated carbocycles. The van der Waals surface area contributed by atoms with E-state index in [0.29, 0.717) is 0 Å². The smallest absolute Gasteiger partial charge is 0.303 e. The molecule has 4 rings (SSSR count). The highest BCUT2D eigenvalue weighted by molar-refractivity contribution is 6.01. The third kappa shape index (κ3) is 3.28. The number of esters is 2. The van der Waals surface area contributed by atoms with Gasteiger partial charge in [0.1, 0.15) is 12.3 Å². The Hall–Kier alpha value is -2.46. The number of rotatable bonds is 4. The second-order valence-corrected chi connectivity index (χ2v) is 10.7. The van der Waals surface area contributed by atoms with E-state index in [4.69, 9.17) is 9.47 Å². The van der Waals surface area contributed by atoms with Gasteiger partial charge in [-0.15, -0.1) is 0 Å². The van der Waals surface area contributed by atoms with Gasteiger partial charge in [0.25, 0.3) is 0 Å². The number of carbonyl (C=O) groups excluding carboxylic acids is 4. The fourth-order valence-corrected chi connectivity index (χ4v) is 7.25. The van der Waals surface area contributed by atoms with Gasteiger partial charge in [-0.1, -0.05) is 18.6 Å². The van der Waals surface area contributed by atoms with E-state index in [9.17, 15) is 29.4 Å². The van der Waals surface area contributed by atoms with Crippen molar-refractivity contribution in [1.29, 1.82) is 0 Å². The van der Waals surface area contributed by atoms with Gasteiger partial charge in [-0.05, 0) is 37.8 Å². The first-order valence-corrected chi connectivity index (χ1v) is 11.6. The van der Waals surface area contributed by atoms with Gasteiger partial charge in [0.2, 0.25) is 5.78 Å². The quantitative estimate of drug-likeness (QED) is 0.564. The zero-order chi connectivity index (χ0) is 26.1. The SMILES string of the molecule is CC(=O)OCC(=O)[C@@]1(O)[C@H](OC(C)=O)C[C@H]2[C@@H]3[C@H](F)CC4=CC(=O)C=C[C@]4(C)[C@@]3(F)[C@@H](O)C[C@@]21C. The Bertz CT molecular complexity index is 1050. The number of hydrogen-bond acceptors (Lipinski definition) is 8. The summed E-state index contributed by atoms with van der Waals surface area (Å²) in [5, 5.41) is 23.1. The molecule has 0 radical (unpaired) electrons. The summed E-state index contributed by atoms with van der Waals surface area (Å²) < 4.78 is 43.1. The predicted molar refractivity (Wildman–Crippen MR) is 116 cm³/mol. The second-order valence-electron chi connectivity index (χ2n) is 10.7. The van der Waals surface area contributed by atoms with Crippen molar-refractivity contribution in [1.82, 2.24) is 0 Å². The van der Waals surface area contributed by atoms with Crippen LogP contribution in [0.2, 0.25) is 0 Å². The van der Waals surface area contributed by atoms with Crippen LogP contribution >= 0.6 is 0 Å². The predicted octanol–water partition coefficient (Wildman–Crippen LogP) is 1.71. The van der Waals surface area contributed by atoms with Gasteiger partial charge in [-0.3, -0.25) is 19.2 Å². The molecule has 0 spiro atoms. The Balaban J connectivity index is 1.84. The summed E-state index contributed by atoms with van der Waals surface area (Å²) in [6.45, 7) is 4.27. The van der Waals surface area contributed by atoms with Crippen molar-refractivity contribution in [2.24, 2.45) is 22.7 Å². The van der Waals surface area contributed by atoms with Crippen molar-refractivity contribution < 1.29 is 47.6 Å². The first-order chi connectivity index (χ1) is 16.1. The van der Waals surface area contributed by atoms with E-state index in [-0.39, 0.29) is 18.4 Å². The fourth-order valence-electron chi connectivity index (χ4n) is 7.25. The molecule has 192 valence electrons. The van der Waals surface area contributed by atoms with Crippen LogP contribution in [0.3, 0.4) is 0 Å². The number of fused-ring (bicyclic) bond motifs is 5. The lowest BCUT2D eigenvalue weighted by Gasteiger charge is -2.63.